The monoisotopic (exact) mass is 354 g/mol. The van der Waals surface area contributed by atoms with E-state index in [0.717, 1.165) is 5.56 Å². The molecule has 0 bridgehead atoms. The largest absolute Gasteiger partial charge is 0.466 e. The first-order valence-electron chi connectivity index (χ1n) is 8.61. The number of esters is 2. The van der Waals surface area contributed by atoms with Crippen LogP contribution in [-0.4, -0.2) is 30.9 Å². The maximum absolute atomic E-state index is 12.7. The lowest BCUT2D eigenvalue weighted by molar-refractivity contribution is -0.143. The van der Waals surface area contributed by atoms with Crippen LogP contribution in [-0.2, 0) is 20.7 Å². The minimum atomic E-state index is -0.453. The molecule has 2 aromatic rings. The molecule has 5 heteroatoms. The predicted molar refractivity (Wildman–Crippen MR) is 97.2 cm³/mol. The van der Waals surface area contributed by atoms with Crippen molar-refractivity contribution in [3.05, 3.63) is 70.8 Å². The second kappa shape index (κ2) is 9.51. The summed E-state index contributed by atoms with van der Waals surface area (Å²) in [5.41, 5.74) is 2.15. The number of carbonyl (C=O) groups is 3. The average molecular weight is 354 g/mol. The third-order valence-corrected chi connectivity index (χ3v) is 3.75. The minimum Gasteiger partial charge on any atom is -0.466 e. The van der Waals surface area contributed by atoms with Gasteiger partial charge in [-0.05, 0) is 44.0 Å². The standard InChI is InChI=1S/C21H22O5/c1-3-25-19(22)12-11-15-7-5-8-16(13-15)20(23)17-9-6-10-18(14-17)21(24)26-4-2/h5-10,13-14H,3-4,11-12H2,1-2H3. The maximum Gasteiger partial charge on any atom is 0.338 e. The molecular weight excluding hydrogens is 332 g/mol. The van der Waals surface area contributed by atoms with Crippen molar-refractivity contribution in [2.75, 3.05) is 13.2 Å². The lowest BCUT2D eigenvalue weighted by atomic mass is 9.98. The van der Waals surface area contributed by atoms with Crippen molar-refractivity contribution in [2.24, 2.45) is 0 Å². The van der Waals surface area contributed by atoms with Crippen molar-refractivity contribution in [1.82, 2.24) is 0 Å². The van der Waals surface area contributed by atoms with Gasteiger partial charge < -0.3 is 9.47 Å². The lowest BCUT2D eigenvalue weighted by Gasteiger charge is -2.07. The molecule has 0 unspecified atom stereocenters. The van der Waals surface area contributed by atoms with E-state index >= 15 is 0 Å². The van der Waals surface area contributed by atoms with Gasteiger partial charge in [-0.25, -0.2) is 4.79 Å². The summed E-state index contributed by atoms with van der Waals surface area (Å²) in [5.74, 6) is -0.897. The first-order chi connectivity index (χ1) is 12.5. The second-order valence-electron chi connectivity index (χ2n) is 5.64. The molecule has 0 saturated heterocycles. The molecule has 0 N–H and O–H groups in total. The zero-order chi connectivity index (χ0) is 18.9. The van der Waals surface area contributed by atoms with Crippen LogP contribution in [0.4, 0.5) is 0 Å². The Morgan fingerprint density at radius 2 is 1.42 bits per heavy atom. The van der Waals surface area contributed by atoms with Crippen LogP contribution < -0.4 is 0 Å². The average Bonchev–Trinajstić information content (AvgIpc) is 2.66. The van der Waals surface area contributed by atoms with E-state index in [0.29, 0.717) is 29.7 Å². The molecule has 0 spiro atoms. The van der Waals surface area contributed by atoms with Crippen molar-refractivity contribution in [1.29, 1.82) is 0 Å². The van der Waals surface area contributed by atoms with Gasteiger partial charge in [0.25, 0.3) is 0 Å². The molecule has 0 aliphatic heterocycles. The number of benzene rings is 2. The van der Waals surface area contributed by atoms with Gasteiger partial charge in [0.2, 0.25) is 0 Å². The van der Waals surface area contributed by atoms with Crippen molar-refractivity contribution in [2.45, 2.75) is 26.7 Å². The smallest absolute Gasteiger partial charge is 0.338 e. The van der Waals surface area contributed by atoms with E-state index in [1.807, 2.05) is 6.07 Å². The molecule has 0 atom stereocenters. The highest BCUT2D eigenvalue weighted by Crippen LogP contribution is 2.15. The SMILES string of the molecule is CCOC(=O)CCc1cccc(C(=O)c2cccc(C(=O)OCC)c2)c1. The molecular formula is C21H22O5. The molecule has 2 aromatic carbocycles. The van der Waals surface area contributed by atoms with E-state index in [1.165, 1.54) is 6.07 Å². The highest BCUT2D eigenvalue weighted by Gasteiger charge is 2.13. The molecule has 5 nitrogen and oxygen atoms in total. The number of ketones is 1. The number of rotatable bonds is 8. The van der Waals surface area contributed by atoms with Gasteiger partial charge in [-0.3, -0.25) is 9.59 Å². The van der Waals surface area contributed by atoms with Crippen molar-refractivity contribution < 1.29 is 23.9 Å². The summed E-state index contributed by atoms with van der Waals surface area (Å²) in [6.45, 7) is 4.13. The van der Waals surface area contributed by atoms with Crippen LogP contribution in [0.25, 0.3) is 0 Å². The summed E-state index contributed by atoms with van der Waals surface area (Å²) in [4.78, 5) is 36.0. The Balaban J connectivity index is 2.14. The molecule has 136 valence electrons. The summed E-state index contributed by atoms with van der Waals surface area (Å²) >= 11 is 0. The first kappa shape index (κ1) is 19.4. The van der Waals surface area contributed by atoms with Gasteiger partial charge in [0.1, 0.15) is 0 Å². The van der Waals surface area contributed by atoms with E-state index in [1.54, 1.807) is 50.2 Å². The first-order valence-corrected chi connectivity index (χ1v) is 8.61. The quantitative estimate of drug-likeness (QED) is 0.535. The fourth-order valence-electron chi connectivity index (χ4n) is 2.52. The van der Waals surface area contributed by atoms with Crippen LogP contribution in [0.3, 0.4) is 0 Å². The molecule has 0 radical (unpaired) electrons. The van der Waals surface area contributed by atoms with Crippen molar-refractivity contribution in [3.63, 3.8) is 0 Å². The molecule has 0 amide bonds. The van der Waals surface area contributed by atoms with Gasteiger partial charge in [-0.15, -0.1) is 0 Å². The topological polar surface area (TPSA) is 69.7 Å². The molecule has 0 saturated carbocycles. The van der Waals surface area contributed by atoms with Gasteiger partial charge >= 0.3 is 11.9 Å². The van der Waals surface area contributed by atoms with Crippen LogP contribution in [0.5, 0.6) is 0 Å². The predicted octanol–water partition coefficient (Wildman–Crippen LogP) is 3.59. The Labute approximate surface area is 152 Å². The van der Waals surface area contributed by atoms with E-state index in [4.69, 9.17) is 9.47 Å². The molecule has 2 rings (SSSR count). The van der Waals surface area contributed by atoms with Gasteiger partial charge in [0.05, 0.1) is 18.8 Å². The van der Waals surface area contributed by atoms with E-state index in [9.17, 15) is 14.4 Å². The summed E-state index contributed by atoms with van der Waals surface area (Å²) in [5, 5.41) is 0. The van der Waals surface area contributed by atoms with Crippen LogP contribution in [0.15, 0.2) is 48.5 Å². The van der Waals surface area contributed by atoms with Crippen LogP contribution in [0.1, 0.15) is 52.1 Å². The minimum absolute atomic E-state index is 0.186. The van der Waals surface area contributed by atoms with Crippen molar-refractivity contribution >= 4 is 17.7 Å². The Morgan fingerprint density at radius 3 is 2.12 bits per heavy atom. The van der Waals surface area contributed by atoms with Crippen LogP contribution in [0.2, 0.25) is 0 Å². The molecule has 0 aliphatic carbocycles. The van der Waals surface area contributed by atoms with E-state index < -0.39 is 5.97 Å². The third kappa shape index (κ3) is 5.28. The number of carbonyl (C=O) groups excluding carboxylic acids is 3. The van der Waals surface area contributed by atoms with Crippen LogP contribution in [0, 0.1) is 0 Å². The van der Waals surface area contributed by atoms with E-state index in [2.05, 4.69) is 0 Å². The third-order valence-electron chi connectivity index (χ3n) is 3.75. The summed E-state index contributed by atoms with van der Waals surface area (Å²) in [7, 11) is 0. The number of hydrogen-bond donors (Lipinski definition) is 0. The Kier molecular flexibility index (Phi) is 7.09. The zero-order valence-electron chi connectivity index (χ0n) is 15.0. The normalized spacial score (nSPS) is 10.2. The summed E-state index contributed by atoms with van der Waals surface area (Å²) in [6, 6.07) is 13.6. The molecule has 0 aliphatic rings. The van der Waals surface area contributed by atoms with Gasteiger partial charge in [-0.1, -0.05) is 30.3 Å². The fraction of sp³-hybridized carbons (Fsp3) is 0.286. The second-order valence-corrected chi connectivity index (χ2v) is 5.64. The fourth-order valence-corrected chi connectivity index (χ4v) is 2.52. The highest BCUT2D eigenvalue weighted by atomic mass is 16.5. The van der Waals surface area contributed by atoms with Crippen molar-refractivity contribution in [3.8, 4) is 0 Å². The van der Waals surface area contributed by atoms with Gasteiger partial charge in [0.15, 0.2) is 5.78 Å². The summed E-state index contributed by atoms with van der Waals surface area (Å²) in [6.07, 6.45) is 0.770. The van der Waals surface area contributed by atoms with Crippen LogP contribution >= 0.6 is 0 Å². The molecule has 0 aromatic heterocycles. The zero-order valence-corrected chi connectivity index (χ0v) is 15.0. The molecule has 0 heterocycles. The Morgan fingerprint density at radius 1 is 0.808 bits per heavy atom. The lowest BCUT2D eigenvalue weighted by Crippen LogP contribution is -2.08. The van der Waals surface area contributed by atoms with E-state index in [-0.39, 0.29) is 24.8 Å². The number of aryl methyl sites for hydroxylation is 1. The molecule has 0 fully saturated rings. The summed E-state index contributed by atoms with van der Waals surface area (Å²) < 4.78 is 9.88. The maximum atomic E-state index is 12.7. The van der Waals surface area contributed by atoms with Gasteiger partial charge in [-0.2, -0.15) is 0 Å². The molecule has 26 heavy (non-hydrogen) atoms. The highest BCUT2D eigenvalue weighted by molar-refractivity contribution is 6.10. The Hall–Kier alpha value is -2.95. The van der Waals surface area contributed by atoms with Gasteiger partial charge in [0, 0.05) is 17.5 Å². The Bertz CT molecular complexity index is 794. The number of ether oxygens (including phenoxy) is 2. The number of hydrogen-bond acceptors (Lipinski definition) is 5.